The first kappa shape index (κ1) is 15.8. The monoisotopic (exact) mass is 450 g/mol. The fourth-order valence-electron chi connectivity index (χ4n) is 0. The zero-order chi connectivity index (χ0) is 3.58. The van der Waals surface area contributed by atoms with Crippen molar-refractivity contribution in [3.8, 4) is 0 Å². The Balaban J connectivity index is -0.0000000450. The van der Waals surface area contributed by atoms with Crippen LogP contribution >= 0.6 is 0 Å². The van der Waals surface area contributed by atoms with Gasteiger partial charge in [0.2, 0.25) is 0 Å². The summed E-state index contributed by atoms with van der Waals surface area (Å²) in [5, 5.41) is 0. The summed E-state index contributed by atoms with van der Waals surface area (Å²) in [7, 11) is 0. The minimum Gasteiger partial charge on any atom is 2.00 e. The summed E-state index contributed by atoms with van der Waals surface area (Å²) < 4.78 is 25.6. The molecule has 0 saturated heterocycles. The molecule has 0 aromatic heterocycles. The van der Waals surface area contributed by atoms with Crippen molar-refractivity contribution in [3.63, 3.8) is 0 Å². The van der Waals surface area contributed by atoms with Gasteiger partial charge in [0.15, 0.2) is 0 Å². The quantitative estimate of drug-likeness (QED) is 0.374. The fourth-order valence-corrected chi connectivity index (χ4v) is 0. The number of hydrogen-bond donors (Lipinski definition) is 0. The van der Waals surface area contributed by atoms with E-state index in [1.807, 2.05) is 0 Å². The summed E-state index contributed by atoms with van der Waals surface area (Å²) >= 11 is -3.65. The Bertz CT molecular complexity index is 33.8. The minimum absolute atomic E-state index is 0. The van der Waals surface area contributed by atoms with Crippen LogP contribution in [-0.2, 0) is 18.3 Å². The molecular weight excluding hydrogens is 449 g/mol. The molecule has 0 rings (SSSR count). The SMILES string of the molecule is [La+3].[O]=[Mn]([O-])[O-].[Pb+2]. The molecule has 2 radical (unpaired) electrons. The maximum absolute atomic E-state index is 8.52. The van der Waals surface area contributed by atoms with Crippen molar-refractivity contribution in [1.82, 2.24) is 0 Å². The molecule has 0 aliphatic rings. The van der Waals surface area contributed by atoms with E-state index < -0.39 is 14.5 Å². The van der Waals surface area contributed by atoms with Crippen LogP contribution in [0.3, 0.4) is 0 Å². The molecule has 0 aliphatic carbocycles. The van der Waals surface area contributed by atoms with Crippen molar-refractivity contribution >= 4 is 27.3 Å². The van der Waals surface area contributed by atoms with Crippen molar-refractivity contribution < 1.29 is 62.3 Å². The summed E-state index contributed by atoms with van der Waals surface area (Å²) in [6.45, 7) is 0. The summed E-state index contributed by atoms with van der Waals surface area (Å²) in [6.07, 6.45) is 0. The van der Waals surface area contributed by atoms with Crippen LogP contribution in [0.4, 0.5) is 0 Å². The molecule has 0 saturated carbocycles. The van der Waals surface area contributed by atoms with Gasteiger partial charge in [-0.05, 0) is 0 Å². The number of rotatable bonds is 0. The Morgan fingerprint density at radius 2 is 1.33 bits per heavy atom. The van der Waals surface area contributed by atoms with E-state index in [0.717, 1.165) is 0 Å². The molecule has 0 aromatic carbocycles. The van der Waals surface area contributed by atoms with Gasteiger partial charge in [0.1, 0.15) is 0 Å². The maximum atomic E-state index is 8.52. The van der Waals surface area contributed by atoms with Crippen LogP contribution in [0.15, 0.2) is 0 Å². The van der Waals surface area contributed by atoms with Gasteiger partial charge in [0, 0.05) is 0 Å². The van der Waals surface area contributed by atoms with Crippen molar-refractivity contribution in [2.75, 3.05) is 0 Å². The van der Waals surface area contributed by atoms with Gasteiger partial charge in [0.25, 0.3) is 0 Å². The normalized spacial score (nSPS) is 5.83. The topological polar surface area (TPSA) is 63.2 Å². The Hall–Kier alpha value is 2.36. The first-order valence-corrected chi connectivity index (χ1v) is 1.91. The molecule has 0 amide bonds. The molecule has 0 aromatic rings. The van der Waals surface area contributed by atoms with E-state index in [1.165, 1.54) is 0 Å². The second-order valence-electron chi connectivity index (χ2n) is 0.189. The van der Waals surface area contributed by atoms with Crippen LogP contribution in [-0.4, -0.2) is 27.3 Å². The summed E-state index contributed by atoms with van der Waals surface area (Å²) in [5.74, 6) is 0. The molecule has 6 heteroatoms. The zero-order valence-electron chi connectivity index (χ0n) is 2.68. The molecule has 0 atom stereocenters. The Morgan fingerprint density at radius 3 is 1.33 bits per heavy atom. The van der Waals surface area contributed by atoms with Crippen LogP contribution < -0.4 is 8.38 Å². The molecule has 3 nitrogen and oxygen atoms in total. The van der Waals surface area contributed by atoms with E-state index >= 15 is 0 Å². The summed E-state index contributed by atoms with van der Waals surface area (Å²) in [6, 6.07) is 0. The fraction of sp³-hybridized carbons (Fsp3) is 0. The first-order chi connectivity index (χ1) is 1.73. The molecule has 0 heterocycles. The van der Waals surface area contributed by atoms with Crippen LogP contribution in [0, 0.1) is 35.6 Å². The van der Waals surface area contributed by atoms with Gasteiger partial charge < -0.3 is 0 Å². The van der Waals surface area contributed by atoms with E-state index in [4.69, 9.17) is 12.2 Å². The molecule has 0 aliphatic heterocycles. The summed E-state index contributed by atoms with van der Waals surface area (Å²) in [4.78, 5) is 0. The minimum atomic E-state index is -3.65. The second-order valence-corrected chi connectivity index (χ2v) is 0.779. The van der Waals surface area contributed by atoms with E-state index in [-0.39, 0.29) is 62.9 Å². The third-order valence-electron chi connectivity index (χ3n) is 0. The predicted molar refractivity (Wildman–Crippen MR) is 6.44 cm³/mol. The predicted octanol–water partition coefficient (Wildman–Crippen LogP) is -2.88. The van der Waals surface area contributed by atoms with Gasteiger partial charge in [-0.3, -0.25) is 0 Å². The van der Waals surface area contributed by atoms with Crippen LogP contribution in [0.25, 0.3) is 0 Å². The van der Waals surface area contributed by atoms with E-state index in [0.29, 0.717) is 0 Å². The molecule has 0 N–H and O–H groups in total. The molecule has 0 fully saturated rings. The Kier molecular flexibility index (Phi) is 27.2. The molecule has 0 unspecified atom stereocenters. The van der Waals surface area contributed by atoms with Crippen molar-refractivity contribution in [2.45, 2.75) is 0 Å². The van der Waals surface area contributed by atoms with Gasteiger partial charge in [-0.2, -0.15) is 0 Å². The molecular formula is LaMnO3Pb+3. The third kappa shape index (κ3) is 32.8. The molecule has 0 bridgehead atoms. The van der Waals surface area contributed by atoms with Crippen LogP contribution in [0.2, 0.25) is 0 Å². The van der Waals surface area contributed by atoms with Crippen LogP contribution in [0.5, 0.6) is 0 Å². The number of hydrogen-bond acceptors (Lipinski definition) is 3. The van der Waals surface area contributed by atoms with Gasteiger partial charge in [0.05, 0.1) is 0 Å². The first-order valence-electron chi connectivity index (χ1n) is 0.463. The van der Waals surface area contributed by atoms with Crippen molar-refractivity contribution in [2.24, 2.45) is 0 Å². The average molecular weight is 449 g/mol. The largest absolute Gasteiger partial charge is 2.00 e. The average Bonchev–Trinajstić information content (AvgIpc) is 0.811. The standard InChI is InChI=1S/La.Mn.3O.Pb/q+3;;;2*-1;+2. The van der Waals surface area contributed by atoms with Gasteiger partial charge in [-0.25, -0.2) is 0 Å². The Labute approximate surface area is 88.0 Å². The smallest absolute Gasteiger partial charge is 2.00 e. The van der Waals surface area contributed by atoms with Crippen molar-refractivity contribution in [3.05, 3.63) is 0 Å². The van der Waals surface area contributed by atoms with Gasteiger partial charge in [-0.1, -0.05) is 0 Å². The second kappa shape index (κ2) is 10.4. The van der Waals surface area contributed by atoms with Crippen molar-refractivity contribution in [1.29, 1.82) is 0 Å². The van der Waals surface area contributed by atoms with Gasteiger partial charge in [-0.15, -0.1) is 0 Å². The van der Waals surface area contributed by atoms with E-state index in [1.54, 1.807) is 0 Å². The molecule has 6 heavy (non-hydrogen) atoms. The summed E-state index contributed by atoms with van der Waals surface area (Å²) in [5.41, 5.74) is 0. The Morgan fingerprint density at radius 1 is 1.33 bits per heavy atom. The van der Waals surface area contributed by atoms with Crippen LogP contribution in [0.1, 0.15) is 0 Å². The molecule has 29 valence electrons. The third-order valence-corrected chi connectivity index (χ3v) is 0. The maximum Gasteiger partial charge on any atom is 2.00 e. The molecule has 0 spiro atoms. The zero-order valence-corrected chi connectivity index (χ0v) is 11.4. The van der Waals surface area contributed by atoms with Gasteiger partial charge >= 0.3 is 89.6 Å². The van der Waals surface area contributed by atoms with E-state index in [9.17, 15) is 0 Å². The van der Waals surface area contributed by atoms with E-state index in [2.05, 4.69) is 0 Å².